The van der Waals surface area contributed by atoms with Crippen LogP contribution < -0.4 is 5.73 Å². The number of hydrogen-bond donors (Lipinski definition) is 3. The molecule has 0 radical (unpaired) electrons. The number of anilines is 1. The first-order chi connectivity index (χ1) is 12.8. The minimum atomic E-state index is -4.61. The molecule has 0 atom stereocenters. The van der Waals surface area contributed by atoms with E-state index in [2.05, 4.69) is 15.3 Å². The van der Waals surface area contributed by atoms with Crippen molar-refractivity contribution in [1.29, 1.82) is 0 Å². The number of halogens is 3. The summed E-state index contributed by atoms with van der Waals surface area (Å²) in [6.45, 7) is 2.13. The molecular weight excluding hydrogens is 361 g/mol. The van der Waals surface area contributed by atoms with Crippen LogP contribution in [-0.2, 0) is 19.3 Å². The fraction of sp³-hybridized carbons (Fsp3) is 0.235. The van der Waals surface area contributed by atoms with Gasteiger partial charge in [-0.3, -0.25) is 15.0 Å². The highest BCUT2D eigenvalue weighted by Crippen LogP contribution is 2.28. The van der Waals surface area contributed by atoms with Gasteiger partial charge in [0.15, 0.2) is 5.69 Å². The number of H-pyrrole nitrogens is 2. The Morgan fingerprint density at radius 3 is 2.70 bits per heavy atom. The number of nitrogens with zero attached hydrogens (tertiary/aromatic N) is 3. The van der Waals surface area contributed by atoms with Crippen molar-refractivity contribution in [1.82, 2.24) is 25.3 Å². The second-order valence-electron chi connectivity index (χ2n) is 6.06. The van der Waals surface area contributed by atoms with Crippen LogP contribution in [0.2, 0.25) is 0 Å². The fourth-order valence-corrected chi connectivity index (χ4v) is 2.60. The smallest absolute Gasteiger partial charge is 0.399 e. The molecule has 3 rings (SSSR count). The van der Waals surface area contributed by atoms with Crippen LogP contribution >= 0.6 is 0 Å². The maximum atomic E-state index is 12.8. The van der Waals surface area contributed by atoms with Gasteiger partial charge in [0.2, 0.25) is 0 Å². The molecule has 0 saturated heterocycles. The number of aromatic nitrogens is 4. The summed E-state index contributed by atoms with van der Waals surface area (Å²) in [5.74, 6) is -0.634. The number of nitrogen functional groups attached to an aromatic ring is 1. The zero-order valence-corrected chi connectivity index (χ0v) is 14.3. The van der Waals surface area contributed by atoms with Gasteiger partial charge in [0, 0.05) is 36.6 Å². The molecule has 7 nitrogen and oxygen atoms in total. The van der Waals surface area contributed by atoms with Crippen LogP contribution in [0, 0.1) is 6.92 Å². The first-order valence-electron chi connectivity index (χ1n) is 7.99. The highest BCUT2D eigenvalue weighted by Gasteiger charge is 2.34. The van der Waals surface area contributed by atoms with Crippen LogP contribution in [0.4, 0.5) is 18.9 Å². The van der Waals surface area contributed by atoms with Crippen molar-refractivity contribution in [2.24, 2.45) is 0 Å². The average molecular weight is 378 g/mol. The lowest BCUT2D eigenvalue weighted by molar-refractivity contribution is -0.141. The van der Waals surface area contributed by atoms with E-state index in [1.165, 1.54) is 11.1 Å². The van der Waals surface area contributed by atoms with Gasteiger partial charge in [-0.2, -0.15) is 23.4 Å². The Labute approximate surface area is 152 Å². The molecule has 10 heteroatoms. The second kappa shape index (κ2) is 7.14. The third kappa shape index (κ3) is 4.10. The van der Waals surface area contributed by atoms with Crippen LogP contribution in [-0.4, -0.2) is 31.2 Å². The maximum Gasteiger partial charge on any atom is 0.432 e. The zero-order chi connectivity index (χ0) is 19.6. The number of nitrogens with one attached hydrogen (secondary N) is 2. The van der Waals surface area contributed by atoms with E-state index in [1.54, 1.807) is 18.3 Å². The largest absolute Gasteiger partial charge is 0.432 e. The van der Waals surface area contributed by atoms with E-state index >= 15 is 0 Å². The summed E-state index contributed by atoms with van der Waals surface area (Å²) < 4.78 is 38.4. The Morgan fingerprint density at radius 2 is 2.07 bits per heavy atom. The highest BCUT2D eigenvalue weighted by atomic mass is 19.4. The lowest BCUT2D eigenvalue weighted by atomic mass is 10.1. The predicted octanol–water partition coefficient (Wildman–Crippen LogP) is 2.88. The first kappa shape index (κ1) is 18.5. The third-order valence-electron chi connectivity index (χ3n) is 4.17. The van der Waals surface area contributed by atoms with Crippen LogP contribution in [0.25, 0.3) is 0 Å². The van der Waals surface area contributed by atoms with Gasteiger partial charge in [0.05, 0.1) is 6.20 Å². The normalized spacial score (nSPS) is 11.6. The molecule has 0 bridgehead atoms. The molecule has 0 aliphatic heterocycles. The van der Waals surface area contributed by atoms with Crippen LogP contribution in [0.5, 0.6) is 0 Å². The number of benzene rings is 1. The molecule has 2 aromatic heterocycles. The minimum absolute atomic E-state index is 0.151. The first-order valence-corrected chi connectivity index (χ1v) is 7.99. The summed E-state index contributed by atoms with van der Waals surface area (Å²) in [6.07, 6.45) is -1.46. The number of amides is 1. The molecule has 27 heavy (non-hydrogen) atoms. The van der Waals surface area contributed by atoms with E-state index in [1.807, 2.05) is 18.1 Å². The number of carbonyl (C=O) groups is 1. The van der Waals surface area contributed by atoms with Crippen molar-refractivity contribution >= 4 is 11.6 Å². The van der Waals surface area contributed by atoms with Crippen molar-refractivity contribution in [3.63, 3.8) is 0 Å². The van der Waals surface area contributed by atoms with E-state index < -0.39 is 17.8 Å². The molecule has 0 saturated carbocycles. The number of hydrogen-bond acceptors (Lipinski definition) is 4. The molecule has 1 aromatic carbocycles. The SMILES string of the molecule is Cc1c(N)cccc1CN(Cc1cn[nH]c1)C(=O)c1cc(C(F)(F)F)[nH]n1. The maximum absolute atomic E-state index is 12.8. The molecule has 0 aliphatic carbocycles. The summed E-state index contributed by atoms with van der Waals surface area (Å²) in [5, 5.41) is 11.9. The van der Waals surface area contributed by atoms with E-state index in [9.17, 15) is 18.0 Å². The Morgan fingerprint density at radius 1 is 1.30 bits per heavy atom. The number of carbonyl (C=O) groups excluding carboxylic acids is 1. The van der Waals surface area contributed by atoms with Gasteiger partial charge in [0.25, 0.3) is 5.91 Å². The van der Waals surface area contributed by atoms with E-state index in [0.29, 0.717) is 17.3 Å². The topological polar surface area (TPSA) is 104 Å². The average Bonchev–Trinajstić information content (AvgIpc) is 3.28. The third-order valence-corrected chi connectivity index (χ3v) is 4.17. The molecule has 142 valence electrons. The van der Waals surface area contributed by atoms with Crippen molar-refractivity contribution in [3.8, 4) is 0 Å². The molecular formula is C17H17F3N6O. The number of alkyl halides is 3. The van der Waals surface area contributed by atoms with Gasteiger partial charge in [-0.15, -0.1) is 0 Å². The quantitative estimate of drug-likeness (QED) is 0.594. The number of rotatable bonds is 5. The van der Waals surface area contributed by atoms with Crippen LogP contribution in [0.15, 0.2) is 36.7 Å². The van der Waals surface area contributed by atoms with Crippen molar-refractivity contribution in [2.75, 3.05) is 5.73 Å². The van der Waals surface area contributed by atoms with Gasteiger partial charge in [-0.25, -0.2) is 0 Å². The van der Waals surface area contributed by atoms with Gasteiger partial charge in [0.1, 0.15) is 5.69 Å². The summed E-state index contributed by atoms with van der Waals surface area (Å²) in [7, 11) is 0. The summed E-state index contributed by atoms with van der Waals surface area (Å²) in [5.41, 5.74) is 7.40. The van der Waals surface area contributed by atoms with E-state index in [0.717, 1.165) is 11.1 Å². The summed E-state index contributed by atoms with van der Waals surface area (Å²) >= 11 is 0. The zero-order valence-electron chi connectivity index (χ0n) is 14.3. The monoisotopic (exact) mass is 378 g/mol. The lowest BCUT2D eigenvalue weighted by Gasteiger charge is -2.22. The van der Waals surface area contributed by atoms with Crippen LogP contribution in [0.3, 0.4) is 0 Å². The van der Waals surface area contributed by atoms with Gasteiger partial charge < -0.3 is 10.6 Å². The lowest BCUT2D eigenvalue weighted by Crippen LogP contribution is -2.30. The minimum Gasteiger partial charge on any atom is -0.399 e. The van der Waals surface area contributed by atoms with Crippen molar-refractivity contribution < 1.29 is 18.0 Å². The Bertz CT molecular complexity index is 933. The van der Waals surface area contributed by atoms with Gasteiger partial charge in [-0.1, -0.05) is 12.1 Å². The molecule has 0 aliphatic rings. The van der Waals surface area contributed by atoms with Crippen molar-refractivity contribution in [2.45, 2.75) is 26.2 Å². The fourth-order valence-electron chi connectivity index (χ4n) is 2.60. The Balaban J connectivity index is 1.90. The molecule has 1 amide bonds. The van der Waals surface area contributed by atoms with Gasteiger partial charge >= 0.3 is 6.18 Å². The van der Waals surface area contributed by atoms with Crippen molar-refractivity contribution in [3.05, 3.63) is 64.7 Å². The molecule has 3 aromatic rings. The van der Waals surface area contributed by atoms with Crippen LogP contribution in [0.1, 0.15) is 32.9 Å². The standard InChI is InChI=1S/C17H17F3N6O/c1-10-12(3-2-4-13(10)21)9-26(8-11-6-22-23-7-11)16(27)14-5-15(25-24-14)17(18,19)20/h2-7H,8-9,21H2,1H3,(H,22,23)(H,24,25). The Kier molecular flexibility index (Phi) is 4.89. The van der Waals surface area contributed by atoms with E-state index in [-0.39, 0.29) is 18.8 Å². The number of nitrogens with two attached hydrogens (primary N) is 1. The van der Waals surface area contributed by atoms with E-state index in [4.69, 9.17) is 5.73 Å². The Hall–Kier alpha value is -3.30. The summed E-state index contributed by atoms with van der Waals surface area (Å²) in [4.78, 5) is 14.2. The second-order valence-corrected chi connectivity index (χ2v) is 6.06. The number of aromatic amines is 2. The van der Waals surface area contributed by atoms with Gasteiger partial charge in [-0.05, 0) is 24.1 Å². The molecule has 4 N–H and O–H groups in total. The predicted molar refractivity (Wildman–Crippen MR) is 91.3 cm³/mol. The molecule has 0 spiro atoms. The molecule has 0 unspecified atom stereocenters. The molecule has 2 heterocycles. The molecule has 0 fully saturated rings. The highest BCUT2D eigenvalue weighted by molar-refractivity contribution is 5.92. The summed E-state index contributed by atoms with van der Waals surface area (Å²) in [6, 6.07) is 6.02.